The third-order valence-electron chi connectivity index (χ3n) is 6.84. The number of aromatic nitrogens is 2. The number of rotatable bonds is 8. The van der Waals surface area contributed by atoms with E-state index in [0.717, 1.165) is 10.9 Å². The van der Waals surface area contributed by atoms with Gasteiger partial charge in [0.2, 0.25) is 15.9 Å². The number of hydrogen-bond acceptors (Lipinski definition) is 5. The van der Waals surface area contributed by atoms with E-state index in [4.69, 9.17) is 0 Å². The second-order valence-electron chi connectivity index (χ2n) is 9.58. The van der Waals surface area contributed by atoms with Gasteiger partial charge in [-0.05, 0) is 30.9 Å². The van der Waals surface area contributed by atoms with Gasteiger partial charge in [0, 0.05) is 38.3 Å². The average Bonchev–Trinajstić information content (AvgIpc) is 3.38. The molecule has 39 heavy (non-hydrogen) atoms. The second-order valence-corrected chi connectivity index (χ2v) is 11.5. The van der Waals surface area contributed by atoms with Crippen LogP contribution in [-0.2, 0) is 21.0 Å². The minimum Gasteiger partial charge on any atom is -0.354 e. The smallest absolute Gasteiger partial charge is 0.354 e. The summed E-state index contributed by atoms with van der Waals surface area (Å²) in [5, 5.41) is 8.74. The number of hydrogen-bond donors (Lipinski definition) is 2. The minimum atomic E-state index is -4.81. The molecule has 1 saturated heterocycles. The molecule has 2 N–H and O–H groups in total. The first-order chi connectivity index (χ1) is 18.5. The van der Waals surface area contributed by atoms with Crippen molar-refractivity contribution >= 4 is 21.8 Å². The van der Waals surface area contributed by atoms with E-state index in [0.29, 0.717) is 12.8 Å². The molecule has 0 saturated carbocycles. The SMILES string of the molecule is CC1CN(S(=O)(=O)c2ccccc2)CCC1C(=O)NCCNC(=O)c1cn(C2C=CC=CC2)nc1C(F)(F)F. The van der Waals surface area contributed by atoms with E-state index in [1.807, 2.05) is 0 Å². The van der Waals surface area contributed by atoms with Gasteiger partial charge in [0.25, 0.3) is 5.91 Å². The van der Waals surface area contributed by atoms with Crippen LogP contribution in [0.5, 0.6) is 0 Å². The number of allylic oxidation sites excluding steroid dienone is 4. The molecule has 2 heterocycles. The number of halogens is 3. The van der Waals surface area contributed by atoms with Crippen LogP contribution in [-0.4, -0.2) is 60.5 Å². The lowest BCUT2D eigenvalue weighted by Crippen LogP contribution is -2.48. The van der Waals surface area contributed by atoms with Gasteiger partial charge < -0.3 is 10.6 Å². The molecule has 1 fully saturated rings. The van der Waals surface area contributed by atoms with Gasteiger partial charge in [-0.3, -0.25) is 14.3 Å². The molecule has 1 aliphatic heterocycles. The summed E-state index contributed by atoms with van der Waals surface area (Å²) >= 11 is 0. The molecule has 1 aromatic heterocycles. The molecule has 0 spiro atoms. The molecule has 13 heteroatoms. The third-order valence-corrected chi connectivity index (χ3v) is 8.72. The molecular weight excluding hydrogens is 535 g/mol. The number of nitrogens with one attached hydrogen (secondary N) is 2. The van der Waals surface area contributed by atoms with Crippen molar-refractivity contribution in [1.82, 2.24) is 24.7 Å². The normalized spacial score (nSPS) is 22.0. The van der Waals surface area contributed by atoms with E-state index < -0.39 is 45.3 Å². The second kappa shape index (κ2) is 11.7. The molecule has 3 unspecified atom stereocenters. The van der Waals surface area contributed by atoms with Crippen LogP contribution in [0, 0.1) is 11.8 Å². The molecule has 2 aromatic rings. The lowest BCUT2D eigenvalue weighted by atomic mass is 9.87. The summed E-state index contributed by atoms with van der Waals surface area (Å²) in [7, 11) is -3.66. The number of nitrogens with zero attached hydrogens (tertiary/aromatic N) is 3. The zero-order chi connectivity index (χ0) is 28.2. The lowest BCUT2D eigenvalue weighted by molar-refractivity contribution is -0.141. The first-order valence-electron chi connectivity index (χ1n) is 12.6. The van der Waals surface area contributed by atoms with Crippen molar-refractivity contribution in [1.29, 1.82) is 0 Å². The highest BCUT2D eigenvalue weighted by Gasteiger charge is 2.40. The van der Waals surface area contributed by atoms with Gasteiger partial charge in [-0.25, -0.2) is 8.42 Å². The highest BCUT2D eigenvalue weighted by molar-refractivity contribution is 7.89. The topological polar surface area (TPSA) is 113 Å². The number of carbonyl (C=O) groups excluding carboxylic acids is 2. The van der Waals surface area contributed by atoms with Crippen LogP contribution in [0.15, 0.2) is 65.7 Å². The molecule has 1 aliphatic carbocycles. The van der Waals surface area contributed by atoms with Gasteiger partial charge in [-0.1, -0.05) is 49.4 Å². The number of benzene rings is 1. The van der Waals surface area contributed by atoms with Crippen LogP contribution < -0.4 is 10.6 Å². The van der Waals surface area contributed by atoms with Crippen LogP contribution in [0.1, 0.15) is 41.9 Å². The van der Waals surface area contributed by atoms with Crippen LogP contribution in [0.3, 0.4) is 0 Å². The Morgan fingerprint density at radius 2 is 1.82 bits per heavy atom. The zero-order valence-electron chi connectivity index (χ0n) is 21.3. The molecule has 2 amide bonds. The first-order valence-corrected chi connectivity index (χ1v) is 14.0. The molecule has 1 aromatic carbocycles. The quantitative estimate of drug-likeness (QED) is 0.478. The molecule has 0 radical (unpaired) electrons. The van der Waals surface area contributed by atoms with Gasteiger partial charge in [-0.15, -0.1) is 0 Å². The molecule has 3 atom stereocenters. The fraction of sp³-hybridized carbons (Fsp3) is 0.423. The summed E-state index contributed by atoms with van der Waals surface area (Å²) in [6.45, 7) is 2.08. The molecule has 4 rings (SSSR count). The Bertz CT molecular complexity index is 1360. The van der Waals surface area contributed by atoms with Crippen molar-refractivity contribution < 1.29 is 31.2 Å². The van der Waals surface area contributed by atoms with E-state index in [2.05, 4.69) is 15.7 Å². The summed E-state index contributed by atoms with van der Waals surface area (Å²) in [4.78, 5) is 25.5. The monoisotopic (exact) mass is 565 g/mol. The zero-order valence-corrected chi connectivity index (χ0v) is 22.1. The van der Waals surface area contributed by atoms with Crippen molar-refractivity contribution in [2.45, 2.75) is 36.9 Å². The minimum absolute atomic E-state index is 0.00542. The highest BCUT2D eigenvalue weighted by Crippen LogP contribution is 2.32. The van der Waals surface area contributed by atoms with E-state index in [-0.39, 0.29) is 42.9 Å². The van der Waals surface area contributed by atoms with Crippen molar-refractivity contribution in [2.24, 2.45) is 11.8 Å². The Morgan fingerprint density at radius 3 is 2.46 bits per heavy atom. The van der Waals surface area contributed by atoms with Crippen molar-refractivity contribution in [3.63, 3.8) is 0 Å². The largest absolute Gasteiger partial charge is 0.435 e. The van der Waals surface area contributed by atoms with Crippen molar-refractivity contribution in [3.05, 3.63) is 72.1 Å². The predicted octanol–water partition coefficient (Wildman–Crippen LogP) is 3.15. The van der Waals surface area contributed by atoms with Gasteiger partial charge in [0.05, 0.1) is 16.5 Å². The molecule has 2 aliphatic rings. The van der Waals surface area contributed by atoms with Crippen molar-refractivity contribution in [3.8, 4) is 0 Å². The number of amides is 2. The standard InChI is InChI=1S/C26H30F3N5O4S/c1-18-16-33(39(37,38)20-10-6-3-7-11-20)15-12-21(18)24(35)30-13-14-31-25(36)22-17-34(19-8-4-2-5-9-19)32-23(22)26(27,28)29/h2-8,10-11,17-19,21H,9,12-16H2,1H3,(H,30,35)(H,31,36). The number of piperidine rings is 1. The maximum absolute atomic E-state index is 13.5. The summed E-state index contributed by atoms with van der Waals surface area (Å²) in [5.41, 5.74) is -1.85. The van der Waals surface area contributed by atoms with Crippen LogP contribution >= 0.6 is 0 Å². The molecule has 9 nitrogen and oxygen atoms in total. The van der Waals surface area contributed by atoms with Gasteiger partial charge in [-0.2, -0.15) is 22.6 Å². The van der Waals surface area contributed by atoms with Crippen molar-refractivity contribution in [2.75, 3.05) is 26.2 Å². The third kappa shape index (κ3) is 6.59. The van der Waals surface area contributed by atoms with Crippen LogP contribution in [0.4, 0.5) is 13.2 Å². The lowest BCUT2D eigenvalue weighted by Gasteiger charge is -2.35. The van der Waals surface area contributed by atoms with Crippen LogP contribution in [0.25, 0.3) is 0 Å². The Hall–Kier alpha value is -3.45. The Kier molecular flexibility index (Phi) is 8.60. The van der Waals surface area contributed by atoms with E-state index >= 15 is 0 Å². The summed E-state index contributed by atoms with van der Waals surface area (Å²) in [5.74, 6) is -1.92. The van der Waals surface area contributed by atoms with E-state index in [1.165, 1.54) is 16.4 Å². The average molecular weight is 566 g/mol. The summed E-state index contributed by atoms with van der Waals surface area (Å²) in [6, 6.07) is 7.66. The molecular formula is C26H30F3N5O4S. The number of carbonyl (C=O) groups is 2. The Balaban J connectivity index is 1.29. The maximum atomic E-state index is 13.5. The van der Waals surface area contributed by atoms with E-state index in [9.17, 15) is 31.2 Å². The van der Waals surface area contributed by atoms with Gasteiger partial charge >= 0.3 is 6.18 Å². The summed E-state index contributed by atoms with van der Waals surface area (Å²) in [6.07, 6.45) is 4.05. The van der Waals surface area contributed by atoms with E-state index in [1.54, 1.807) is 49.4 Å². The van der Waals surface area contributed by atoms with Gasteiger partial charge in [0.15, 0.2) is 5.69 Å². The first kappa shape index (κ1) is 28.6. The number of sulfonamides is 1. The molecule has 210 valence electrons. The summed E-state index contributed by atoms with van der Waals surface area (Å²) < 4.78 is 68.9. The Morgan fingerprint density at radius 1 is 1.10 bits per heavy atom. The fourth-order valence-corrected chi connectivity index (χ4v) is 6.32. The maximum Gasteiger partial charge on any atom is 0.435 e. The highest BCUT2D eigenvalue weighted by atomic mass is 32.2. The van der Waals surface area contributed by atoms with Crippen LogP contribution in [0.2, 0.25) is 0 Å². The Labute approximate surface area is 224 Å². The fourth-order valence-electron chi connectivity index (χ4n) is 4.75. The molecule has 0 bridgehead atoms. The number of alkyl halides is 3. The predicted molar refractivity (Wildman–Crippen MR) is 137 cm³/mol. The van der Waals surface area contributed by atoms with Gasteiger partial charge in [0.1, 0.15) is 0 Å².